The Kier molecular flexibility index (Phi) is 3.66. The first kappa shape index (κ1) is 11.5. The standard InChI is InChI=1S/C14H16N2O/c1-17-13-5-6-14-12(11-13)7-10-16(14)9-4-2-3-8-15/h5-7,10-11H,2-4,9H2,1H3. The number of fused-ring (bicyclic) bond motifs is 1. The second-order valence-electron chi connectivity index (χ2n) is 4.05. The predicted octanol–water partition coefficient (Wildman–Crippen LogP) is 3.34. The molecule has 0 aliphatic rings. The lowest BCUT2D eigenvalue weighted by Gasteiger charge is -2.05. The lowest BCUT2D eigenvalue weighted by atomic mass is 10.2. The molecule has 1 aromatic heterocycles. The first-order valence-corrected chi connectivity index (χ1v) is 5.85. The highest BCUT2D eigenvalue weighted by atomic mass is 16.5. The van der Waals surface area contributed by atoms with E-state index in [9.17, 15) is 0 Å². The van der Waals surface area contributed by atoms with Crippen molar-refractivity contribution in [1.29, 1.82) is 5.26 Å². The van der Waals surface area contributed by atoms with Crippen LogP contribution in [0.15, 0.2) is 30.5 Å². The maximum absolute atomic E-state index is 8.48. The second kappa shape index (κ2) is 5.40. The average molecular weight is 228 g/mol. The van der Waals surface area contributed by atoms with E-state index in [0.717, 1.165) is 25.1 Å². The third-order valence-electron chi connectivity index (χ3n) is 2.92. The maximum atomic E-state index is 8.48. The Morgan fingerprint density at radius 2 is 2.18 bits per heavy atom. The largest absolute Gasteiger partial charge is 0.497 e. The molecule has 0 radical (unpaired) electrons. The molecule has 2 rings (SSSR count). The van der Waals surface area contributed by atoms with E-state index in [1.807, 2.05) is 12.1 Å². The molecule has 0 bridgehead atoms. The monoisotopic (exact) mass is 228 g/mol. The van der Waals surface area contributed by atoms with Crippen molar-refractivity contribution in [2.24, 2.45) is 0 Å². The number of ether oxygens (including phenoxy) is 1. The maximum Gasteiger partial charge on any atom is 0.119 e. The molecule has 0 atom stereocenters. The lowest BCUT2D eigenvalue weighted by molar-refractivity contribution is 0.415. The van der Waals surface area contributed by atoms with E-state index >= 15 is 0 Å². The van der Waals surface area contributed by atoms with E-state index < -0.39 is 0 Å². The van der Waals surface area contributed by atoms with Crippen LogP contribution in [0, 0.1) is 11.3 Å². The van der Waals surface area contributed by atoms with E-state index in [-0.39, 0.29) is 0 Å². The summed E-state index contributed by atoms with van der Waals surface area (Å²) >= 11 is 0. The Bertz CT molecular complexity index is 537. The van der Waals surface area contributed by atoms with Gasteiger partial charge in [0.2, 0.25) is 0 Å². The topological polar surface area (TPSA) is 38.0 Å². The van der Waals surface area contributed by atoms with Gasteiger partial charge in [0.15, 0.2) is 0 Å². The SMILES string of the molecule is COc1ccc2c(ccn2CCCCC#N)c1. The molecule has 0 unspecified atom stereocenters. The molecule has 0 saturated carbocycles. The van der Waals surface area contributed by atoms with Crippen molar-refractivity contribution in [3.63, 3.8) is 0 Å². The third kappa shape index (κ3) is 2.59. The number of unbranched alkanes of at least 4 members (excludes halogenated alkanes) is 2. The molecule has 0 fully saturated rings. The average Bonchev–Trinajstić information content (AvgIpc) is 2.77. The minimum atomic E-state index is 0.646. The van der Waals surface area contributed by atoms with Gasteiger partial charge in [-0.05, 0) is 37.1 Å². The zero-order chi connectivity index (χ0) is 12.1. The zero-order valence-corrected chi connectivity index (χ0v) is 10.0. The summed E-state index contributed by atoms with van der Waals surface area (Å²) < 4.78 is 7.43. The van der Waals surface area contributed by atoms with E-state index in [1.54, 1.807) is 7.11 Å². The number of methoxy groups -OCH3 is 1. The summed E-state index contributed by atoms with van der Waals surface area (Å²) in [7, 11) is 1.68. The molecule has 0 amide bonds. The third-order valence-corrected chi connectivity index (χ3v) is 2.92. The quantitative estimate of drug-likeness (QED) is 0.736. The molecule has 2 aromatic rings. The van der Waals surface area contributed by atoms with Crippen LogP contribution < -0.4 is 4.74 Å². The Balaban J connectivity index is 2.11. The number of aryl methyl sites for hydroxylation is 1. The lowest BCUT2D eigenvalue weighted by Crippen LogP contribution is -1.95. The molecule has 0 aliphatic heterocycles. The number of rotatable bonds is 5. The second-order valence-corrected chi connectivity index (χ2v) is 4.05. The number of benzene rings is 1. The molecule has 3 heteroatoms. The molecular weight excluding hydrogens is 212 g/mol. The van der Waals surface area contributed by atoms with Crippen LogP contribution in [-0.2, 0) is 6.54 Å². The Morgan fingerprint density at radius 1 is 1.29 bits per heavy atom. The van der Waals surface area contributed by atoms with E-state index in [0.29, 0.717) is 6.42 Å². The molecule has 0 N–H and O–H groups in total. The van der Waals surface area contributed by atoms with E-state index in [4.69, 9.17) is 10.00 Å². The normalized spacial score (nSPS) is 10.4. The van der Waals surface area contributed by atoms with Crippen molar-refractivity contribution in [3.05, 3.63) is 30.5 Å². The summed E-state index contributed by atoms with van der Waals surface area (Å²) in [4.78, 5) is 0. The van der Waals surface area contributed by atoms with Gasteiger partial charge in [0.25, 0.3) is 0 Å². The number of nitrogens with zero attached hydrogens (tertiary/aromatic N) is 2. The van der Waals surface area contributed by atoms with Crippen molar-refractivity contribution in [3.8, 4) is 11.8 Å². The first-order chi connectivity index (χ1) is 8.35. The molecule has 3 nitrogen and oxygen atoms in total. The molecule has 88 valence electrons. The molecule has 0 aliphatic carbocycles. The van der Waals surface area contributed by atoms with E-state index in [2.05, 4.69) is 29.0 Å². The van der Waals surface area contributed by atoms with Crippen molar-refractivity contribution in [2.75, 3.05) is 7.11 Å². The zero-order valence-electron chi connectivity index (χ0n) is 10.0. The van der Waals surface area contributed by atoms with Crippen LogP contribution in [0.25, 0.3) is 10.9 Å². The predicted molar refractivity (Wildman–Crippen MR) is 68.0 cm³/mol. The molecule has 17 heavy (non-hydrogen) atoms. The van der Waals surface area contributed by atoms with Crippen molar-refractivity contribution in [2.45, 2.75) is 25.8 Å². The van der Waals surface area contributed by atoms with Gasteiger partial charge in [-0.2, -0.15) is 5.26 Å². The van der Waals surface area contributed by atoms with Crippen LogP contribution in [0.5, 0.6) is 5.75 Å². The summed E-state index contributed by atoms with van der Waals surface area (Å²) in [6.07, 6.45) is 4.75. The Hall–Kier alpha value is -1.95. The van der Waals surface area contributed by atoms with Gasteiger partial charge < -0.3 is 9.30 Å². The van der Waals surface area contributed by atoms with Crippen LogP contribution in [0.3, 0.4) is 0 Å². The highest BCUT2D eigenvalue weighted by Gasteiger charge is 2.02. The minimum Gasteiger partial charge on any atom is -0.497 e. The fraction of sp³-hybridized carbons (Fsp3) is 0.357. The van der Waals surface area contributed by atoms with Gasteiger partial charge in [0.05, 0.1) is 13.2 Å². The smallest absolute Gasteiger partial charge is 0.119 e. The van der Waals surface area contributed by atoms with Gasteiger partial charge >= 0.3 is 0 Å². The van der Waals surface area contributed by atoms with Crippen LogP contribution in [0.4, 0.5) is 0 Å². The minimum absolute atomic E-state index is 0.646. The van der Waals surface area contributed by atoms with Gasteiger partial charge in [-0.1, -0.05) is 0 Å². The highest BCUT2D eigenvalue weighted by Crippen LogP contribution is 2.22. The Morgan fingerprint density at radius 3 is 2.94 bits per heavy atom. The van der Waals surface area contributed by atoms with Crippen LogP contribution in [-0.4, -0.2) is 11.7 Å². The molecule has 1 heterocycles. The Labute approximate surface area is 101 Å². The van der Waals surface area contributed by atoms with Crippen LogP contribution in [0.1, 0.15) is 19.3 Å². The van der Waals surface area contributed by atoms with Gasteiger partial charge in [0.1, 0.15) is 5.75 Å². The first-order valence-electron chi connectivity index (χ1n) is 5.85. The molecule has 1 aromatic carbocycles. The number of hydrogen-bond acceptors (Lipinski definition) is 2. The summed E-state index contributed by atoms with van der Waals surface area (Å²) in [5, 5.41) is 9.68. The van der Waals surface area contributed by atoms with Crippen molar-refractivity contribution in [1.82, 2.24) is 4.57 Å². The summed E-state index contributed by atoms with van der Waals surface area (Å²) in [6.45, 7) is 0.970. The fourth-order valence-corrected chi connectivity index (χ4v) is 1.99. The van der Waals surface area contributed by atoms with Gasteiger partial charge in [-0.15, -0.1) is 0 Å². The highest BCUT2D eigenvalue weighted by molar-refractivity contribution is 5.81. The number of hydrogen-bond donors (Lipinski definition) is 0. The van der Waals surface area contributed by atoms with Gasteiger partial charge in [0, 0.05) is 30.1 Å². The van der Waals surface area contributed by atoms with Crippen LogP contribution >= 0.6 is 0 Å². The number of aromatic nitrogens is 1. The molecule has 0 saturated heterocycles. The number of nitriles is 1. The van der Waals surface area contributed by atoms with Gasteiger partial charge in [-0.3, -0.25) is 0 Å². The van der Waals surface area contributed by atoms with Gasteiger partial charge in [-0.25, -0.2) is 0 Å². The molecular formula is C14H16N2O. The van der Waals surface area contributed by atoms with E-state index in [1.165, 1.54) is 10.9 Å². The summed E-state index contributed by atoms with van der Waals surface area (Å²) in [5.74, 6) is 0.889. The molecule has 0 spiro atoms. The summed E-state index contributed by atoms with van der Waals surface area (Å²) in [6, 6.07) is 10.4. The van der Waals surface area contributed by atoms with Crippen molar-refractivity contribution < 1.29 is 4.74 Å². The van der Waals surface area contributed by atoms with Crippen molar-refractivity contribution >= 4 is 10.9 Å². The summed E-state index contributed by atoms with van der Waals surface area (Å²) in [5.41, 5.74) is 1.22. The fourth-order valence-electron chi connectivity index (χ4n) is 1.99. The van der Waals surface area contributed by atoms with Crippen LogP contribution in [0.2, 0.25) is 0 Å².